The van der Waals surface area contributed by atoms with Crippen LogP contribution < -0.4 is 20.3 Å². The highest BCUT2D eigenvalue weighted by Gasteiger charge is 2.42. The quantitative estimate of drug-likeness (QED) is 0.169. The van der Waals surface area contributed by atoms with Crippen LogP contribution in [0.3, 0.4) is 0 Å². The second kappa shape index (κ2) is 16.3. The normalized spacial score (nSPS) is 15.5. The van der Waals surface area contributed by atoms with E-state index in [9.17, 15) is 22.8 Å². The zero-order chi connectivity index (χ0) is 34.0. The van der Waals surface area contributed by atoms with Gasteiger partial charge in [-0.25, -0.2) is 8.42 Å². The molecule has 0 saturated heterocycles. The molecule has 0 aromatic heterocycles. The molecule has 0 unspecified atom stereocenters. The van der Waals surface area contributed by atoms with Crippen LogP contribution in [-0.2, 0) is 24.2 Å². The zero-order valence-electron chi connectivity index (χ0n) is 26.7. The highest BCUT2D eigenvalue weighted by Crippen LogP contribution is 2.47. The standard InChI is InChI=1S/C35H42BrN3O7S/c1-3-5-17-35(18-6-4-2)23-39(26-15-11-8-12-16-26)28-19-27(36)29(20-30(28)47(44,45)24-35)46-22-31(40)38-33(25-13-9-7-10-14-25)34(43)37-21-32(41)42/h7-16,19-20,33H,3-6,17-18,21-24H2,1-2H3,(H,37,43)(H,38,40)(H,41,42)/t33-/m1/s1. The Kier molecular flexibility index (Phi) is 12.4. The van der Waals surface area contributed by atoms with Gasteiger partial charge in [-0.1, -0.05) is 88.1 Å². The number of carboxylic acid groups (broad SMARTS) is 1. The number of carbonyl (C=O) groups excluding carboxylic acids is 2. The van der Waals surface area contributed by atoms with Gasteiger partial charge >= 0.3 is 5.97 Å². The lowest BCUT2D eigenvalue weighted by Crippen LogP contribution is -2.43. The molecule has 1 aliphatic heterocycles. The van der Waals surface area contributed by atoms with Crippen LogP contribution in [0.1, 0.15) is 64.0 Å². The Bertz CT molecular complexity index is 1640. The van der Waals surface area contributed by atoms with Gasteiger partial charge in [0, 0.05) is 23.7 Å². The van der Waals surface area contributed by atoms with Gasteiger partial charge in [0.1, 0.15) is 18.3 Å². The first-order valence-electron chi connectivity index (χ1n) is 15.8. The molecule has 2 amide bonds. The van der Waals surface area contributed by atoms with Gasteiger partial charge in [-0.2, -0.15) is 0 Å². The van der Waals surface area contributed by atoms with E-state index in [0.29, 0.717) is 22.3 Å². The number of hydrogen-bond donors (Lipinski definition) is 3. The van der Waals surface area contributed by atoms with Crippen molar-refractivity contribution in [2.24, 2.45) is 5.41 Å². The Morgan fingerprint density at radius 1 is 0.979 bits per heavy atom. The van der Waals surface area contributed by atoms with E-state index in [1.54, 1.807) is 36.4 Å². The van der Waals surface area contributed by atoms with Gasteiger partial charge in [0.25, 0.3) is 5.91 Å². The largest absolute Gasteiger partial charge is 0.483 e. The van der Waals surface area contributed by atoms with E-state index < -0.39 is 52.2 Å². The van der Waals surface area contributed by atoms with Crippen molar-refractivity contribution in [2.45, 2.75) is 63.3 Å². The van der Waals surface area contributed by atoms with Crippen molar-refractivity contribution in [1.82, 2.24) is 10.6 Å². The molecule has 0 radical (unpaired) electrons. The Morgan fingerprint density at radius 3 is 2.19 bits per heavy atom. The number of benzene rings is 3. The topological polar surface area (TPSA) is 142 Å². The van der Waals surface area contributed by atoms with Crippen LogP contribution in [0.5, 0.6) is 5.75 Å². The number of rotatable bonds is 15. The van der Waals surface area contributed by atoms with Crippen LogP contribution in [0.25, 0.3) is 0 Å². The average Bonchev–Trinajstić information content (AvgIpc) is 3.15. The Balaban J connectivity index is 1.65. The van der Waals surface area contributed by atoms with Crippen LogP contribution >= 0.6 is 15.9 Å². The van der Waals surface area contributed by atoms with E-state index in [1.165, 1.54) is 6.07 Å². The molecule has 0 bridgehead atoms. The van der Waals surface area contributed by atoms with E-state index in [2.05, 4.69) is 45.3 Å². The first kappa shape index (κ1) is 35.9. The fourth-order valence-electron chi connectivity index (χ4n) is 5.97. The predicted molar refractivity (Wildman–Crippen MR) is 185 cm³/mol. The van der Waals surface area contributed by atoms with E-state index in [0.717, 1.165) is 44.2 Å². The van der Waals surface area contributed by atoms with E-state index in [-0.39, 0.29) is 16.4 Å². The van der Waals surface area contributed by atoms with Crippen molar-refractivity contribution in [2.75, 3.05) is 30.3 Å². The van der Waals surface area contributed by atoms with Gasteiger partial charge in [0.15, 0.2) is 16.4 Å². The van der Waals surface area contributed by atoms with Crippen molar-refractivity contribution < 1.29 is 32.6 Å². The van der Waals surface area contributed by atoms with Crippen LogP contribution in [0.4, 0.5) is 11.4 Å². The lowest BCUT2D eigenvalue weighted by molar-refractivity contribution is -0.138. The van der Waals surface area contributed by atoms with Gasteiger partial charge in [-0.15, -0.1) is 0 Å². The van der Waals surface area contributed by atoms with Crippen LogP contribution in [-0.4, -0.2) is 56.8 Å². The molecule has 3 N–H and O–H groups in total. The minimum atomic E-state index is -3.79. The summed E-state index contributed by atoms with van der Waals surface area (Å²) >= 11 is 3.55. The molecule has 10 nitrogen and oxygen atoms in total. The number of hydrogen-bond acceptors (Lipinski definition) is 7. The molecule has 1 heterocycles. The molecule has 0 spiro atoms. The lowest BCUT2D eigenvalue weighted by atomic mass is 9.79. The number of aliphatic carboxylic acids is 1. The third-order valence-corrected chi connectivity index (χ3v) is 10.9. The van der Waals surface area contributed by atoms with E-state index in [4.69, 9.17) is 9.84 Å². The summed E-state index contributed by atoms with van der Waals surface area (Å²) in [7, 11) is -3.79. The number of nitrogens with one attached hydrogen (secondary N) is 2. The van der Waals surface area contributed by atoms with E-state index >= 15 is 0 Å². The number of para-hydroxylation sites is 1. The third kappa shape index (κ3) is 9.35. The smallest absolute Gasteiger partial charge is 0.322 e. The monoisotopic (exact) mass is 727 g/mol. The molecule has 0 fully saturated rings. The number of unbranched alkanes of at least 4 members (excludes halogenated alkanes) is 2. The molecule has 3 aromatic rings. The minimum Gasteiger partial charge on any atom is -0.483 e. The lowest BCUT2D eigenvalue weighted by Gasteiger charge is -2.37. The molecule has 12 heteroatoms. The van der Waals surface area contributed by atoms with Crippen molar-refractivity contribution in [3.63, 3.8) is 0 Å². The maximum Gasteiger partial charge on any atom is 0.322 e. The van der Waals surface area contributed by atoms with Gasteiger partial charge in [-0.3, -0.25) is 14.4 Å². The third-order valence-electron chi connectivity index (χ3n) is 8.29. The summed E-state index contributed by atoms with van der Waals surface area (Å²) in [5, 5.41) is 13.9. The van der Waals surface area contributed by atoms with Gasteiger partial charge < -0.3 is 25.4 Å². The highest BCUT2D eigenvalue weighted by atomic mass is 79.9. The molecule has 3 aromatic carbocycles. The summed E-state index contributed by atoms with van der Waals surface area (Å²) in [6.45, 7) is 3.65. The Labute approximate surface area is 284 Å². The fourth-order valence-corrected chi connectivity index (χ4v) is 8.53. The average molecular weight is 729 g/mol. The molecule has 1 atom stereocenters. The summed E-state index contributed by atoms with van der Waals surface area (Å²) in [5.74, 6) is -2.40. The molecule has 0 aliphatic carbocycles. The summed E-state index contributed by atoms with van der Waals surface area (Å²) in [4.78, 5) is 39.1. The van der Waals surface area contributed by atoms with Crippen LogP contribution in [0.2, 0.25) is 0 Å². The number of ether oxygens (including phenoxy) is 1. The molecule has 4 rings (SSSR count). The van der Waals surface area contributed by atoms with Crippen LogP contribution in [0, 0.1) is 5.41 Å². The summed E-state index contributed by atoms with van der Waals surface area (Å²) in [6, 6.07) is 20.2. The van der Waals surface area contributed by atoms with Gasteiger partial charge in [-0.05, 0) is 52.5 Å². The van der Waals surface area contributed by atoms with Crippen molar-refractivity contribution in [3.8, 4) is 5.75 Å². The van der Waals surface area contributed by atoms with Crippen molar-refractivity contribution >= 4 is 54.9 Å². The molecule has 0 saturated carbocycles. The number of halogens is 1. The molecular formula is C35H42BrN3O7S. The maximum atomic E-state index is 14.2. The SMILES string of the molecule is CCCCC1(CCCC)CN(c2ccccc2)c2cc(Br)c(OCC(=O)N[C@@H](C(=O)NCC(=O)O)c3ccccc3)cc2S(=O)(=O)C1. The number of amides is 2. The summed E-state index contributed by atoms with van der Waals surface area (Å²) in [6.07, 6.45) is 5.34. The Hall–Kier alpha value is -3.90. The number of nitrogens with zero attached hydrogens (tertiary/aromatic N) is 1. The minimum absolute atomic E-state index is 0.00209. The van der Waals surface area contributed by atoms with E-state index in [1.807, 2.05) is 30.3 Å². The maximum absolute atomic E-state index is 14.2. The number of sulfone groups is 1. The zero-order valence-corrected chi connectivity index (χ0v) is 29.1. The molecular weight excluding hydrogens is 686 g/mol. The number of anilines is 2. The second-order valence-corrected chi connectivity index (χ2v) is 14.8. The summed E-state index contributed by atoms with van der Waals surface area (Å²) < 4.78 is 34.8. The van der Waals surface area contributed by atoms with Crippen LogP contribution in [0.15, 0.2) is 82.2 Å². The fraction of sp³-hybridized carbons (Fsp3) is 0.400. The second-order valence-electron chi connectivity index (χ2n) is 11.9. The van der Waals surface area contributed by atoms with Crippen molar-refractivity contribution in [1.29, 1.82) is 0 Å². The van der Waals surface area contributed by atoms with Crippen molar-refractivity contribution in [3.05, 3.63) is 82.8 Å². The predicted octanol–water partition coefficient (Wildman–Crippen LogP) is 6.18. The van der Waals surface area contributed by atoms with Gasteiger partial charge in [0.05, 0.1) is 20.8 Å². The first-order chi connectivity index (χ1) is 22.5. The molecule has 1 aliphatic rings. The highest BCUT2D eigenvalue weighted by molar-refractivity contribution is 9.10. The Morgan fingerprint density at radius 2 is 1.60 bits per heavy atom. The number of carbonyl (C=O) groups is 3. The summed E-state index contributed by atoms with van der Waals surface area (Å²) in [5.41, 5.74) is 1.42. The first-order valence-corrected chi connectivity index (χ1v) is 18.3. The number of carboxylic acids is 1. The van der Waals surface area contributed by atoms with Gasteiger partial charge in [0.2, 0.25) is 5.91 Å². The molecule has 252 valence electrons. The number of fused-ring (bicyclic) bond motifs is 1. The molecule has 47 heavy (non-hydrogen) atoms.